The van der Waals surface area contributed by atoms with E-state index in [0.717, 1.165) is 15.7 Å². The van der Waals surface area contributed by atoms with Gasteiger partial charge in [0.15, 0.2) is 11.6 Å². The van der Waals surface area contributed by atoms with Crippen LogP contribution in [0.2, 0.25) is 0 Å². The van der Waals surface area contributed by atoms with Crippen LogP contribution in [0.15, 0.2) is 108 Å². The summed E-state index contributed by atoms with van der Waals surface area (Å²) in [7, 11) is 0. The van der Waals surface area contributed by atoms with Crippen LogP contribution in [0.25, 0.3) is 6.08 Å². The van der Waals surface area contributed by atoms with Gasteiger partial charge in [0.05, 0.1) is 16.9 Å². The molecule has 1 fully saturated rings. The van der Waals surface area contributed by atoms with E-state index in [9.17, 15) is 24.5 Å². The molecular formula is C33H22BrN3O5. The number of para-hydroxylation sites is 2. The van der Waals surface area contributed by atoms with E-state index in [1.807, 2.05) is 59.5 Å². The highest BCUT2D eigenvalue weighted by Crippen LogP contribution is 2.58. The molecule has 9 heteroatoms. The Morgan fingerprint density at radius 1 is 0.857 bits per heavy atom. The average molecular weight is 620 g/mol. The molecule has 3 aliphatic rings. The zero-order valence-electron chi connectivity index (χ0n) is 21.9. The molecule has 3 heterocycles. The Kier molecular flexibility index (Phi) is 5.95. The Balaban J connectivity index is 1.51. The van der Waals surface area contributed by atoms with Gasteiger partial charge in [-0.3, -0.25) is 24.5 Å². The lowest BCUT2D eigenvalue weighted by molar-refractivity contribution is -0.384. The minimum Gasteiger partial charge on any atom is -0.352 e. The number of fused-ring (bicyclic) bond motifs is 6. The number of carbonyl (C=O) groups excluding carboxylic acids is 3. The third-order valence-electron chi connectivity index (χ3n) is 8.58. The van der Waals surface area contributed by atoms with Gasteiger partial charge in [-0.25, -0.2) is 0 Å². The molecule has 4 atom stereocenters. The van der Waals surface area contributed by atoms with Crippen LogP contribution in [-0.2, 0) is 10.2 Å². The smallest absolute Gasteiger partial charge is 0.269 e. The second kappa shape index (κ2) is 9.60. The van der Waals surface area contributed by atoms with Crippen LogP contribution in [-0.4, -0.2) is 34.5 Å². The van der Waals surface area contributed by atoms with Gasteiger partial charge in [-0.1, -0.05) is 76.6 Å². The topological polar surface area (TPSA) is 110 Å². The Labute approximate surface area is 248 Å². The van der Waals surface area contributed by atoms with E-state index in [2.05, 4.69) is 21.2 Å². The van der Waals surface area contributed by atoms with E-state index in [1.165, 1.54) is 24.3 Å². The number of amides is 1. The molecule has 0 aromatic heterocycles. The number of hydrogen-bond donors (Lipinski definition) is 1. The van der Waals surface area contributed by atoms with Crippen molar-refractivity contribution in [3.05, 3.63) is 140 Å². The Hall–Kier alpha value is -4.89. The zero-order chi connectivity index (χ0) is 29.2. The maximum atomic E-state index is 14.7. The first kappa shape index (κ1) is 26.0. The summed E-state index contributed by atoms with van der Waals surface area (Å²) in [5.74, 6) is -2.21. The lowest BCUT2D eigenvalue weighted by atomic mass is 9.64. The highest BCUT2D eigenvalue weighted by molar-refractivity contribution is 9.10. The molecule has 8 nitrogen and oxygen atoms in total. The Morgan fingerprint density at radius 3 is 2.24 bits per heavy atom. The van der Waals surface area contributed by atoms with Gasteiger partial charge in [0.25, 0.3) is 5.69 Å². The van der Waals surface area contributed by atoms with Crippen molar-refractivity contribution in [2.45, 2.75) is 17.5 Å². The summed E-state index contributed by atoms with van der Waals surface area (Å²) in [6.45, 7) is 0. The van der Waals surface area contributed by atoms with E-state index in [4.69, 9.17) is 0 Å². The molecule has 4 aromatic rings. The van der Waals surface area contributed by atoms with Gasteiger partial charge < -0.3 is 10.2 Å². The number of hydrogen-bond acceptors (Lipinski definition) is 6. The summed E-state index contributed by atoms with van der Waals surface area (Å²) in [6.07, 6.45) is 3.85. The number of benzene rings is 4. The van der Waals surface area contributed by atoms with Crippen LogP contribution in [0.5, 0.6) is 0 Å². The summed E-state index contributed by atoms with van der Waals surface area (Å²) >= 11 is 3.42. The third kappa shape index (κ3) is 3.63. The largest absolute Gasteiger partial charge is 0.352 e. The number of nitro benzene ring substituents is 1. The van der Waals surface area contributed by atoms with Gasteiger partial charge in [-0.2, -0.15) is 0 Å². The summed E-state index contributed by atoms with van der Waals surface area (Å²) < 4.78 is 0.789. The van der Waals surface area contributed by atoms with Crippen LogP contribution >= 0.6 is 15.9 Å². The minimum atomic E-state index is -1.42. The number of Topliss-reactive ketones (excluding diaryl/α,β-unsaturated/α-hetero) is 2. The second-order valence-corrected chi connectivity index (χ2v) is 11.5. The van der Waals surface area contributed by atoms with Crippen molar-refractivity contribution in [1.29, 1.82) is 0 Å². The van der Waals surface area contributed by atoms with Crippen LogP contribution in [0.1, 0.15) is 31.8 Å². The fourth-order valence-corrected chi connectivity index (χ4v) is 7.10. The van der Waals surface area contributed by atoms with Crippen molar-refractivity contribution in [2.75, 3.05) is 10.2 Å². The molecule has 0 radical (unpaired) electrons. The molecule has 4 aromatic carbocycles. The molecule has 42 heavy (non-hydrogen) atoms. The van der Waals surface area contributed by atoms with Crippen LogP contribution in [0.3, 0.4) is 0 Å². The predicted molar refractivity (Wildman–Crippen MR) is 162 cm³/mol. The van der Waals surface area contributed by atoms with E-state index < -0.39 is 34.1 Å². The number of non-ortho nitro benzene ring substituents is 1. The fourth-order valence-electron chi connectivity index (χ4n) is 6.83. The van der Waals surface area contributed by atoms with Gasteiger partial charge in [0, 0.05) is 39.1 Å². The number of nitro groups is 1. The third-order valence-corrected chi connectivity index (χ3v) is 9.11. The monoisotopic (exact) mass is 619 g/mol. The highest BCUT2D eigenvalue weighted by Gasteiger charge is 2.70. The molecule has 1 spiro atoms. The van der Waals surface area contributed by atoms with Crippen molar-refractivity contribution in [1.82, 2.24) is 0 Å². The van der Waals surface area contributed by atoms with Gasteiger partial charge in [0.2, 0.25) is 5.91 Å². The Bertz CT molecular complexity index is 1840. The number of halogens is 1. The molecule has 1 N–H and O–H groups in total. The number of ketones is 2. The quantitative estimate of drug-likeness (QED) is 0.161. The van der Waals surface area contributed by atoms with E-state index in [-0.39, 0.29) is 22.9 Å². The van der Waals surface area contributed by atoms with Gasteiger partial charge in [-0.05, 0) is 47.5 Å². The lowest BCUT2D eigenvalue weighted by Gasteiger charge is -2.37. The molecule has 0 bridgehead atoms. The van der Waals surface area contributed by atoms with Crippen molar-refractivity contribution in [3.8, 4) is 0 Å². The van der Waals surface area contributed by atoms with E-state index in [0.29, 0.717) is 16.8 Å². The number of anilines is 2. The predicted octanol–water partition coefficient (Wildman–Crippen LogP) is 6.21. The molecule has 206 valence electrons. The van der Waals surface area contributed by atoms with Crippen molar-refractivity contribution < 1.29 is 19.3 Å². The molecule has 4 unspecified atom stereocenters. The molecule has 0 aliphatic carbocycles. The van der Waals surface area contributed by atoms with E-state index >= 15 is 0 Å². The van der Waals surface area contributed by atoms with Gasteiger partial charge in [0.1, 0.15) is 11.5 Å². The van der Waals surface area contributed by atoms with Gasteiger partial charge in [-0.15, -0.1) is 0 Å². The fraction of sp³-hybridized carbons (Fsp3) is 0.121. The standard InChI is InChI=1S/C33H22BrN3O5/c34-22-14-9-20(10-15-22)30(38)28-29(31(39)21-11-16-23(17-12-21)37(41)42)36-26-8-4-1-5-19(26)13-18-27(36)33(28)24-6-2-3-7-25(24)35-32(33)40/h1-18,27-29H,(H,35,40). The average Bonchev–Trinajstić information content (AvgIpc) is 3.49. The number of rotatable bonds is 5. The number of nitrogens with zero attached hydrogens (tertiary/aromatic N) is 2. The van der Waals surface area contributed by atoms with Crippen molar-refractivity contribution >= 4 is 56.5 Å². The molecule has 3 aliphatic heterocycles. The van der Waals surface area contributed by atoms with Crippen molar-refractivity contribution in [3.63, 3.8) is 0 Å². The lowest BCUT2D eigenvalue weighted by Crippen LogP contribution is -2.51. The summed E-state index contributed by atoms with van der Waals surface area (Å²) in [5, 5.41) is 14.3. The SMILES string of the molecule is O=C(c1ccc([N+](=O)[O-])cc1)C1C(C(=O)c2ccc(Br)cc2)C2(C(=O)Nc3ccccc32)C2C=Cc3ccccc3N12. The first-order valence-electron chi connectivity index (χ1n) is 13.4. The number of nitrogens with one attached hydrogen (secondary N) is 1. The summed E-state index contributed by atoms with van der Waals surface area (Å²) in [6, 6.07) is 25.4. The summed E-state index contributed by atoms with van der Waals surface area (Å²) in [5.41, 5.74) is 1.86. The molecule has 0 saturated carbocycles. The Morgan fingerprint density at radius 2 is 1.50 bits per heavy atom. The molecule has 1 amide bonds. The minimum absolute atomic E-state index is 0.148. The maximum absolute atomic E-state index is 14.7. The van der Waals surface area contributed by atoms with Gasteiger partial charge >= 0.3 is 0 Å². The first-order chi connectivity index (χ1) is 20.3. The van der Waals surface area contributed by atoms with Crippen LogP contribution in [0, 0.1) is 16.0 Å². The van der Waals surface area contributed by atoms with E-state index in [1.54, 1.807) is 30.3 Å². The molecular weight excluding hydrogens is 598 g/mol. The first-order valence-corrected chi connectivity index (χ1v) is 14.2. The van der Waals surface area contributed by atoms with Crippen LogP contribution in [0.4, 0.5) is 17.1 Å². The second-order valence-electron chi connectivity index (χ2n) is 10.6. The normalized spacial score (nSPS) is 23.2. The molecule has 1 saturated heterocycles. The van der Waals surface area contributed by atoms with Crippen LogP contribution < -0.4 is 10.2 Å². The number of carbonyl (C=O) groups is 3. The zero-order valence-corrected chi connectivity index (χ0v) is 23.5. The summed E-state index contributed by atoms with van der Waals surface area (Å²) in [4.78, 5) is 56.4. The van der Waals surface area contributed by atoms with Crippen molar-refractivity contribution in [2.24, 2.45) is 5.92 Å². The molecule has 7 rings (SSSR count). The maximum Gasteiger partial charge on any atom is 0.269 e. The highest BCUT2D eigenvalue weighted by atomic mass is 79.9.